The fourth-order valence-electron chi connectivity index (χ4n) is 4.17. The van der Waals surface area contributed by atoms with Crippen molar-refractivity contribution in [1.82, 2.24) is 9.88 Å². The first-order valence-corrected chi connectivity index (χ1v) is 10.9. The summed E-state index contributed by atoms with van der Waals surface area (Å²) in [6.07, 6.45) is 4.71. The maximum atomic E-state index is 14.2. The second kappa shape index (κ2) is 9.42. The first-order chi connectivity index (χ1) is 15.5. The van der Waals surface area contributed by atoms with Gasteiger partial charge in [-0.15, -0.1) is 0 Å². The molecule has 32 heavy (non-hydrogen) atoms. The smallest absolute Gasteiger partial charge is 0.257 e. The molecule has 2 aromatic carbocycles. The van der Waals surface area contributed by atoms with Gasteiger partial charge in [-0.3, -0.25) is 9.78 Å². The number of pyridine rings is 1. The predicted molar refractivity (Wildman–Crippen MR) is 123 cm³/mol. The van der Waals surface area contributed by atoms with E-state index in [-0.39, 0.29) is 17.8 Å². The number of methoxy groups -OCH3 is 2. The zero-order valence-electron chi connectivity index (χ0n) is 18.7. The van der Waals surface area contributed by atoms with Gasteiger partial charge in [0.15, 0.2) is 11.5 Å². The van der Waals surface area contributed by atoms with Gasteiger partial charge in [-0.05, 0) is 62.1 Å². The number of halogens is 1. The Kier molecular flexibility index (Phi) is 6.44. The van der Waals surface area contributed by atoms with Gasteiger partial charge in [0.2, 0.25) is 0 Å². The van der Waals surface area contributed by atoms with Gasteiger partial charge in [0.1, 0.15) is 5.82 Å². The number of carbonyl (C=O) groups excluding carboxylic acids is 1. The number of aromatic nitrogens is 1. The number of ether oxygens (including phenoxy) is 2. The van der Waals surface area contributed by atoms with Crippen LogP contribution < -0.4 is 14.8 Å². The molecule has 6 nitrogen and oxygen atoms in total. The summed E-state index contributed by atoms with van der Waals surface area (Å²) in [5.74, 6) is 0.809. The van der Waals surface area contributed by atoms with Gasteiger partial charge in [0.05, 0.1) is 31.0 Å². The van der Waals surface area contributed by atoms with E-state index in [0.717, 1.165) is 37.9 Å². The monoisotopic (exact) mass is 437 g/mol. The van der Waals surface area contributed by atoms with Gasteiger partial charge in [-0.1, -0.05) is 6.07 Å². The minimum absolute atomic E-state index is 0.0784. The Labute approximate surface area is 187 Å². The van der Waals surface area contributed by atoms with Crippen LogP contribution in [0.2, 0.25) is 0 Å². The number of rotatable bonds is 6. The van der Waals surface area contributed by atoms with Crippen molar-refractivity contribution in [3.8, 4) is 11.5 Å². The van der Waals surface area contributed by atoms with E-state index in [1.807, 2.05) is 30.0 Å². The number of anilines is 1. The normalized spacial score (nSPS) is 14.8. The summed E-state index contributed by atoms with van der Waals surface area (Å²) in [6, 6.07) is 9.93. The molecule has 3 aromatic rings. The highest BCUT2D eigenvalue weighted by molar-refractivity contribution is 6.07. The fraction of sp³-hybridized carbons (Fsp3) is 0.360. The number of nitrogens with zero attached hydrogens (tertiary/aromatic N) is 2. The third kappa shape index (κ3) is 4.33. The quantitative estimate of drug-likeness (QED) is 0.575. The molecule has 1 aliphatic heterocycles. The number of amides is 1. The first kappa shape index (κ1) is 21.9. The lowest BCUT2D eigenvalue weighted by Crippen LogP contribution is -2.36. The van der Waals surface area contributed by atoms with E-state index in [0.29, 0.717) is 33.7 Å². The molecule has 1 aliphatic rings. The Bertz CT molecular complexity index is 1130. The molecule has 7 heteroatoms. The molecule has 1 aromatic heterocycles. The van der Waals surface area contributed by atoms with Crippen LogP contribution in [0.15, 0.2) is 42.6 Å². The number of hydrogen-bond acceptors (Lipinski definition) is 5. The van der Waals surface area contributed by atoms with Crippen molar-refractivity contribution in [2.24, 2.45) is 0 Å². The summed E-state index contributed by atoms with van der Waals surface area (Å²) >= 11 is 0. The predicted octanol–water partition coefficient (Wildman–Crippen LogP) is 5.19. The molecule has 1 fully saturated rings. The van der Waals surface area contributed by atoms with E-state index in [9.17, 15) is 9.18 Å². The Morgan fingerprint density at radius 1 is 1.06 bits per heavy atom. The van der Waals surface area contributed by atoms with Crippen LogP contribution >= 0.6 is 0 Å². The average molecular weight is 438 g/mol. The summed E-state index contributed by atoms with van der Waals surface area (Å²) in [5.41, 5.74) is 2.62. The SMILES string of the molecule is COc1ccc([C@H](C)Nc2c(C(=O)N3CCCCC3)cnc3ccc(F)cc23)cc1OC. The zero-order valence-corrected chi connectivity index (χ0v) is 18.7. The third-order valence-corrected chi connectivity index (χ3v) is 5.97. The van der Waals surface area contributed by atoms with Gasteiger partial charge in [-0.25, -0.2) is 4.39 Å². The van der Waals surface area contributed by atoms with Crippen LogP contribution in [0.5, 0.6) is 11.5 Å². The minimum Gasteiger partial charge on any atom is -0.493 e. The van der Waals surface area contributed by atoms with Crippen molar-refractivity contribution >= 4 is 22.5 Å². The molecule has 0 aliphatic carbocycles. The molecule has 4 rings (SSSR count). The number of piperidine rings is 1. The highest BCUT2D eigenvalue weighted by Gasteiger charge is 2.24. The standard InChI is InChI=1S/C25H28FN3O3/c1-16(17-7-10-22(31-2)23(13-17)32-3)28-24-19-14-18(26)8-9-21(19)27-15-20(24)25(30)29-11-5-4-6-12-29/h7-10,13-16H,4-6,11-12H2,1-3H3,(H,27,28)/t16-/m0/s1. The lowest BCUT2D eigenvalue weighted by atomic mass is 10.0. The molecule has 0 unspecified atom stereocenters. The molecule has 1 N–H and O–H groups in total. The number of benzene rings is 2. The Morgan fingerprint density at radius 2 is 1.81 bits per heavy atom. The van der Waals surface area contributed by atoms with E-state index in [1.54, 1.807) is 26.5 Å². The second-order valence-electron chi connectivity index (χ2n) is 8.04. The third-order valence-electron chi connectivity index (χ3n) is 5.97. The Morgan fingerprint density at radius 3 is 2.53 bits per heavy atom. The van der Waals surface area contributed by atoms with Gasteiger partial charge in [-0.2, -0.15) is 0 Å². The van der Waals surface area contributed by atoms with Gasteiger partial charge < -0.3 is 19.7 Å². The van der Waals surface area contributed by atoms with Crippen LogP contribution in [0.4, 0.5) is 10.1 Å². The highest BCUT2D eigenvalue weighted by Crippen LogP contribution is 2.34. The molecule has 2 heterocycles. The molecule has 1 atom stereocenters. The number of nitrogens with one attached hydrogen (secondary N) is 1. The van der Waals surface area contributed by atoms with Crippen molar-refractivity contribution in [3.63, 3.8) is 0 Å². The van der Waals surface area contributed by atoms with Crippen LogP contribution in [-0.2, 0) is 0 Å². The molecule has 168 valence electrons. The Balaban J connectivity index is 1.75. The Hall–Kier alpha value is -3.35. The van der Waals surface area contributed by atoms with Crippen LogP contribution in [0.3, 0.4) is 0 Å². The lowest BCUT2D eigenvalue weighted by Gasteiger charge is -2.28. The maximum Gasteiger partial charge on any atom is 0.257 e. The van der Waals surface area contributed by atoms with Crippen molar-refractivity contribution in [1.29, 1.82) is 0 Å². The fourth-order valence-corrected chi connectivity index (χ4v) is 4.17. The van der Waals surface area contributed by atoms with Crippen LogP contribution in [0, 0.1) is 5.82 Å². The largest absolute Gasteiger partial charge is 0.493 e. The van der Waals surface area contributed by atoms with Crippen molar-refractivity contribution in [3.05, 3.63) is 59.5 Å². The molecule has 1 saturated heterocycles. The van der Waals surface area contributed by atoms with Crippen LogP contribution in [0.1, 0.15) is 48.1 Å². The van der Waals surface area contributed by atoms with Gasteiger partial charge >= 0.3 is 0 Å². The molecule has 1 amide bonds. The number of likely N-dealkylation sites (tertiary alicyclic amines) is 1. The second-order valence-corrected chi connectivity index (χ2v) is 8.04. The van der Waals surface area contributed by atoms with E-state index < -0.39 is 0 Å². The van der Waals surface area contributed by atoms with E-state index in [1.165, 1.54) is 12.1 Å². The number of fused-ring (bicyclic) bond motifs is 1. The summed E-state index contributed by atoms with van der Waals surface area (Å²) in [7, 11) is 3.18. The molecular formula is C25H28FN3O3. The molecule has 0 spiro atoms. The molecule has 0 saturated carbocycles. The topological polar surface area (TPSA) is 63.7 Å². The molecular weight excluding hydrogens is 409 g/mol. The van der Waals surface area contributed by atoms with Crippen molar-refractivity contribution < 1.29 is 18.7 Å². The van der Waals surface area contributed by atoms with E-state index in [4.69, 9.17) is 9.47 Å². The summed E-state index contributed by atoms with van der Waals surface area (Å²) in [5, 5.41) is 4.04. The lowest BCUT2D eigenvalue weighted by molar-refractivity contribution is 0.0725. The first-order valence-electron chi connectivity index (χ1n) is 10.9. The zero-order chi connectivity index (χ0) is 22.7. The maximum absolute atomic E-state index is 14.2. The molecule has 0 radical (unpaired) electrons. The van der Waals surface area contributed by atoms with Crippen LogP contribution in [0.25, 0.3) is 10.9 Å². The van der Waals surface area contributed by atoms with Gasteiger partial charge in [0.25, 0.3) is 5.91 Å². The molecule has 0 bridgehead atoms. The highest BCUT2D eigenvalue weighted by atomic mass is 19.1. The number of carbonyl (C=O) groups is 1. The van der Waals surface area contributed by atoms with Crippen molar-refractivity contribution in [2.75, 3.05) is 32.6 Å². The van der Waals surface area contributed by atoms with Crippen molar-refractivity contribution in [2.45, 2.75) is 32.2 Å². The van der Waals surface area contributed by atoms with E-state index >= 15 is 0 Å². The summed E-state index contributed by atoms with van der Waals surface area (Å²) < 4.78 is 24.9. The van der Waals surface area contributed by atoms with Gasteiger partial charge in [0, 0.05) is 30.7 Å². The summed E-state index contributed by atoms with van der Waals surface area (Å²) in [4.78, 5) is 19.7. The van der Waals surface area contributed by atoms with E-state index in [2.05, 4.69) is 10.3 Å². The van der Waals surface area contributed by atoms with Crippen LogP contribution in [-0.4, -0.2) is 43.1 Å². The average Bonchev–Trinajstić information content (AvgIpc) is 2.83. The minimum atomic E-state index is -0.372. The number of hydrogen-bond donors (Lipinski definition) is 1. The summed E-state index contributed by atoms with van der Waals surface area (Å²) in [6.45, 7) is 3.44.